The summed E-state index contributed by atoms with van der Waals surface area (Å²) in [7, 11) is 0. The molecule has 1 aliphatic heterocycles. The summed E-state index contributed by atoms with van der Waals surface area (Å²) in [5, 5.41) is 0. The van der Waals surface area contributed by atoms with E-state index >= 15 is 0 Å². The minimum atomic E-state index is 0.0173. The van der Waals surface area contributed by atoms with E-state index in [-0.39, 0.29) is 18.6 Å². The van der Waals surface area contributed by atoms with Crippen molar-refractivity contribution in [2.75, 3.05) is 11.5 Å². The fraction of sp³-hybridized carbons (Fsp3) is 0.381. The van der Waals surface area contributed by atoms with Crippen LogP contribution in [0.1, 0.15) is 43.4 Å². The van der Waals surface area contributed by atoms with Crippen LogP contribution in [0.3, 0.4) is 0 Å². The number of amides is 1. The second-order valence-electron chi connectivity index (χ2n) is 6.93. The number of ether oxygens (including phenoxy) is 1. The summed E-state index contributed by atoms with van der Waals surface area (Å²) < 4.78 is 5.93. The first-order valence-electron chi connectivity index (χ1n) is 8.60. The van der Waals surface area contributed by atoms with E-state index in [0.717, 1.165) is 29.0 Å². The Balaban J connectivity index is 1.76. The zero-order chi connectivity index (χ0) is 17.3. The Morgan fingerprint density at radius 3 is 2.75 bits per heavy atom. The topological polar surface area (TPSA) is 29.5 Å². The molecule has 126 valence electrons. The molecular weight excluding hydrogens is 298 g/mol. The van der Waals surface area contributed by atoms with Gasteiger partial charge in [-0.2, -0.15) is 0 Å². The molecule has 24 heavy (non-hydrogen) atoms. The Hall–Kier alpha value is -2.29. The fourth-order valence-corrected chi connectivity index (χ4v) is 3.40. The first kappa shape index (κ1) is 16.6. The molecule has 2 aromatic carbocycles. The van der Waals surface area contributed by atoms with E-state index in [1.807, 2.05) is 36.1 Å². The fourth-order valence-electron chi connectivity index (χ4n) is 3.40. The molecular formula is C21H25NO2. The third kappa shape index (κ3) is 3.16. The smallest absolute Gasteiger partial charge is 0.265 e. The summed E-state index contributed by atoms with van der Waals surface area (Å²) in [5.74, 6) is 1.20. The van der Waals surface area contributed by atoms with Crippen LogP contribution in [0.25, 0.3) is 0 Å². The number of carbonyl (C=O) groups is 1. The number of anilines is 1. The first-order valence-corrected chi connectivity index (χ1v) is 8.60. The van der Waals surface area contributed by atoms with Gasteiger partial charge in [0.25, 0.3) is 5.91 Å². The molecule has 1 amide bonds. The summed E-state index contributed by atoms with van der Waals surface area (Å²) in [6.45, 7) is 8.47. The molecule has 3 nitrogen and oxygen atoms in total. The largest absolute Gasteiger partial charge is 0.483 e. The monoisotopic (exact) mass is 323 g/mol. The molecule has 1 atom stereocenters. The zero-order valence-electron chi connectivity index (χ0n) is 14.9. The maximum atomic E-state index is 12.8. The molecule has 0 unspecified atom stereocenters. The van der Waals surface area contributed by atoms with Crippen molar-refractivity contribution >= 4 is 11.6 Å². The number of carbonyl (C=O) groups excluding carboxylic acids is 1. The minimum absolute atomic E-state index is 0.0173. The lowest BCUT2D eigenvalue weighted by atomic mass is 10.0. The second-order valence-corrected chi connectivity index (χ2v) is 6.93. The molecule has 0 spiro atoms. The lowest BCUT2D eigenvalue weighted by Crippen LogP contribution is -2.39. The van der Waals surface area contributed by atoms with Gasteiger partial charge >= 0.3 is 0 Å². The van der Waals surface area contributed by atoms with E-state index < -0.39 is 0 Å². The number of rotatable bonds is 4. The minimum Gasteiger partial charge on any atom is -0.483 e. The molecule has 0 aliphatic carbocycles. The highest BCUT2D eigenvalue weighted by Crippen LogP contribution is 2.32. The van der Waals surface area contributed by atoms with Crippen LogP contribution in [0, 0.1) is 6.92 Å². The first-order chi connectivity index (χ1) is 11.5. The van der Waals surface area contributed by atoms with E-state index in [1.165, 1.54) is 5.56 Å². The second kappa shape index (κ2) is 6.68. The molecule has 0 saturated heterocycles. The van der Waals surface area contributed by atoms with Crippen LogP contribution < -0.4 is 9.64 Å². The molecule has 3 heteroatoms. The number of aryl methyl sites for hydroxylation is 1. The highest BCUT2D eigenvalue weighted by atomic mass is 16.5. The molecule has 1 aliphatic rings. The van der Waals surface area contributed by atoms with E-state index in [2.05, 4.69) is 39.0 Å². The number of fused-ring (bicyclic) bond motifs is 1. The summed E-state index contributed by atoms with van der Waals surface area (Å²) in [6, 6.07) is 14.5. The molecule has 0 aromatic heterocycles. The van der Waals surface area contributed by atoms with Crippen molar-refractivity contribution < 1.29 is 9.53 Å². The van der Waals surface area contributed by atoms with Gasteiger partial charge in [0.2, 0.25) is 0 Å². The quantitative estimate of drug-likeness (QED) is 0.830. The zero-order valence-corrected chi connectivity index (χ0v) is 14.9. The van der Waals surface area contributed by atoms with Gasteiger partial charge in [-0.3, -0.25) is 4.79 Å². The van der Waals surface area contributed by atoms with Crippen LogP contribution in [0.4, 0.5) is 5.69 Å². The average Bonchev–Trinajstić information content (AvgIpc) is 2.88. The van der Waals surface area contributed by atoms with Crippen LogP contribution in [0.2, 0.25) is 0 Å². The Morgan fingerprint density at radius 1 is 1.25 bits per heavy atom. The molecule has 1 heterocycles. The maximum Gasteiger partial charge on any atom is 0.265 e. The van der Waals surface area contributed by atoms with Gasteiger partial charge in [0, 0.05) is 11.7 Å². The summed E-state index contributed by atoms with van der Waals surface area (Å²) >= 11 is 0. The summed E-state index contributed by atoms with van der Waals surface area (Å²) in [6.07, 6.45) is 0.906. The van der Waals surface area contributed by atoms with E-state index in [0.29, 0.717) is 5.92 Å². The maximum absolute atomic E-state index is 12.8. The standard InChI is InChI=1S/C21H25NO2/c1-14(2)18-10-9-15(3)11-20(18)24-13-21(23)22-16(4)12-17-7-5-6-8-19(17)22/h5-11,14,16H,12-13H2,1-4H3/t16-/m0/s1. The number of hydrogen-bond acceptors (Lipinski definition) is 2. The molecule has 0 fully saturated rings. The predicted octanol–water partition coefficient (Wildman–Crippen LogP) is 4.48. The SMILES string of the molecule is Cc1ccc(C(C)C)c(OCC(=O)N2c3ccccc3C[C@@H]2C)c1. The van der Waals surface area contributed by atoms with Crippen molar-refractivity contribution in [3.05, 3.63) is 59.2 Å². The van der Waals surface area contributed by atoms with E-state index in [9.17, 15) is 4.79 Å². The van der Waals surface area contributed by atoms with Gasteiger partial charge in [-0.05, 0) is 55.0 Å². The van der Waals surface area contributed by atoms with Crippen LogP contribution >= 0.6 is 0 Å². The molecule has 0 saturated carbocycles. The third-order valence-corrected chi connectivity index (χ3v) is 4.62. The van der Waals surface area contributed by atoms with Crippen LogP contribution in [0.15, 0.2) is 42.5 Å². The average molecular weight is 323 g/mol. The van der Waals surface area contributed by atoms with Crippen molar-refractivity contribution in [1.29, 1.82) is 0 Å². The lowest BCUT2D eigenvalue weighted by Gasteiger charge is -2.23. The van der Waals surface area contributed by atoms with Gasteiger partial charge in [0.05, 0.1) is 0 Å². The van der Waals surface area contributed by atoms with E-state index in [1.54, 1.807) is 0 Å². The summed E-state index contributed by atoms with van der Waals surface area (Å²) in [5.41, 5.74) is 4.54. The van der Waals surface area contributed by atoms with E-state index in [4.69, 9.17) is 4.74 Å². The Morgan fingerprint density at radius 2 is 2.00 bits per heavy atom. The molecule has 0 N–H and O–H groups in total. The Bertz CT molecular complexity index is 751. The van der Waals surface area contributed by atoms with Gasteiger partial charge in [-0.15, -0.1) is 0 Å². The van der Waals surface area contributed by atoms with Crippen molar-refractivity contribution in [1.82, 2.24) is 0 Å². The highest BCUT2D eigenvalue weighted by Gasteiger charge is 2.30. The molecule has 3 rings (SSSR count). The van der Waals surface area contributed by atoms with Crippen LogP contribution in [0.5, 0.6) is 5.75 Å². The number of benzene rings is 2. The van der Waals surface area contributed by atoms with Crippen molar-refractivity contribution in [2.24, 2.45) is 0 Å². The number of para-hydroxylation sites is 1. The van der Waals surface area contributed by atoms with Gasteiger partial charge in [-0.1, -0.05) is 44.2 Å². The predicted molar refractivity (Wildman–Crippen MR) is 97.9 cm³/mol. The number of hydrogen-bond donors (Lipinski definition) is 0. The third-order valence-electron chi connectivity index (χ3n) is 4.62. The Labute approximate surface area is 144 Å². The molecule has 0 radical (unpaired) electrons. The van der Waals surface area contributed by atoms with Crippen LogP contribution in [-0.4, -0.2) is 18.6 Å². The summed E-state index contributed by atoms with van der Waals surface area (Å²) in [4.78, 5) is 14.6. The van der Waals surface area contributed by atoms with Gasteiger partial charge < -0.3 is 9.64 Å². The molecule has 2 aromatic rings. The normalized spacial score (nSPS) is 16.4. The van der Waals surface area contributed by atoms with Crippen molar-refractivity contribution in [3.8, 4) is 5.75 Å². The van der Waals surface area contributed by atoms with Crippen molar-refractivity contribution in [3.63, 3.8) is 0 Å². The Kier molecular flexibility index (Phi) is 4.61. The van der Waals surface area contributed by atoms with Gasteiger partial charge in [0.1, 0.15) is 5.75 Å². The number of nitrogens with zero attached hydrogens (tertiary/aromatic N) is 1. The molecule has 0 bridgehead atoms. The van der Waals surface area contributed by atoms with Crippen LogP contribution in [-0.2, 0) is 11.2 Å². The van der Waals surface area contributed by atoms with Crippen molar-refractivity contribution in [2.45, 2.75) is 46.1 Å². The van der Waals surface area contributed by atoms with Gasteiger partial charge in [-0.25, -0.2) is 0 Å². The van der Waals surface area contributed by atoms with Gasteiger partial charge in [0.15, 0.2) is 6.61 Å². The lowest BCUT2D eigenvalue weighted by molar-refractivity contribution is -0.120. The highest BCUT2D eigenvalue weighted by molar-refractivity contribution is 5.97.